The molecule has 0 aliphatic heterocycles. The van der Waals surface area contributed by atoms with Crippen LogP contribution in [-0.2, 0) is 6.42 Å². The number of aliphatic hydroxyl groups is 1. The fourth-order valence-corrected chi connectivity index (χ4v) is 2.84. The van der Waals surface area contributed by atoms with Crippen LogP contribution < -0.4 is 4.74 Å². The largest absolute Gasteiger partial charge is 0.490 e. The maximum atomic E-state index is 9.72. The summed E-state index contributed by atoms with van der Waals surface area (Å²) in [7, 11) is 0. The van der Waals surface area contributed by atoms with Crippen LogP contribution in [0.2, 0.25) is 0 Å². The Hall–Kier alpha value is -1.02. The van der Waals surface area contributed by atoms with E-state index in [0.717, 1.165) is 24.2 Å². The Kier molecular flexibility index (Phi) is 2.60. The minimum atomic E-state index is -0.254. The summed E-state index contributed by atoms with van der Waals surface area (Å²) in [6, 6.07) is 6.15. The van der Waals surface area contributed by atoms with Crippen molar-refractivity contribution in [1.29, 1.82) is 0 Å². The number of aliphatic hydroxyl groups excluding tert-OH is 1. The fourth-order valence-electron chi connectivity index (χ4n) is 2.84. The summed E-state index contributed by atoms with van der Waals surface area (Å²) in [5, 5.41) is 9.72. The first-order valence-corrected chi connectivity index (χ1v) is 6.30. The van der Waals surface area contributed by atoms with Crippen molar-refractivity contribution in [2.24, 2.45) is 0 Å². The average Bonchev–Trinajstić information content (AvgIpc) is 2.90. The maximum absolute atomic E-state index is 9.72. The quantitative estimate of drug-likeness (QED) is 0.827. The van der Waals surface area contributed by atoms with Gasteiger partial charge in [-0.1, -0.05) is 6.07 Å². The van der Waals surface area contributed by atoms with E-state index in [1.165, 1.54) is 31.2 Å². The average molecular weight is 218 g/mol. The van der Waals surface area contributed by atoms with Gasteiger partial charge in [-0.3, -0.25) is 0 Å². The molecule has 0 amide bonds. The molecule has 16 heavy (non-hydrogen) atoms. The standard InChI is InChI=1S/C14H18O2/c15-14-8-5-10-9-12(6-7-13(10)14)16-11-3-1-2-4-11/h6-7,9,11,14-15H,1-5,8H2/t14-/m1/s1. The van der Waals surface area contributed by atoms with Gasteiger partial charge < -0.3 is 9.84 Å². The molecule has 2 aliphatic carbocycles. The third-order valence-electron chi connectivity index (χ3n) is 3.77. The second kappa shape index (κ2) is 4.10. The molecule has 2 aliphatic rings. The molecule has 0 saturated heterocycles. The van der Waals surface area contributed by atoms with Crippen LogP contribution in [0.5, 0.6) is 5.75 Å². The second-order valence-electron chi connectivity index (χ2n) is 4.94. The molecule has 86 valence electrons. The van der Waals surface area contributed by atoms with E-state index < -0.39 is 0 Å². The van der Waals surface area contributed by atoms with Gasteiger partial charge in [0.05, 0.1) is 12.2 Å². The van der Waals surface area contributed by atoms with Gasteiger partial charge in [0.15, 0.2) is 0 Å². The van der Waals surface area contributed by atoms with E-state index in [4.69, 9.17) is 4.74 Å². The van der Waals surface area contributed by atoms with Crippen molar-refractivity contribution in [2.45, 2.75) is 50.7 Å². The van der Waals surface area contributed by atoms with Crippen LogP contribution >= 0.6 is 0 Å². The van der Waals surface area contributed by atoms with Gasteiger partial charge in [0, 0.05) is 0 Å². The van der Waals surface area contributed by atoms with Gasteiger partial charge in [-0.05, 0) is 61.8 Å². The lowest BCUT2D eigenvalue weighted by atomic mass is 10.1. The molecule has 1 fully saturated rings. The summed E-state index contributed by atoms with van der Waals surface area (Å²) in [5.74, 6) is 0.986. The number of ether oxygens (including phenoxy) is 1. The van der Waals surface area contributed by atoms with Crippen LogP contribution in [0.15, 0.2) is 18.2 Å². The highest BCUT2D eigenvalue weighted by molar-refractivity contribution is 5.39. The van der Waals surface area contributed by atoms with Crippen molar-refractivity contribution in [3.8, 4) is 5.75 Å². The molecular formula is C14H18O2. The van der Waals surface area contributed by atoms with Gasteiger partial charge in [0.1, 0.15) is 5.75 Å². The lowest BCUT2D eigenvalue weighted by Crippen LogP contribution is -2.10. The molecule has 3 rings (SSSR count). The first-order chi connectivity index (χ1) is 7.83. The molecule has 0 radical (unpaired) electrons. The summed E-state index contributed by atoms with van der Waals surface area (Å²) >= 11 is 0. The van der Waals surface area contributed by atoms with Gasteiger partial charge in [0.25, 0.3) is 0 Å². The highest BCUT2D eigenvalue weighted by Gasteiger charge is 2.21. The maximum Gasteiger partial charge on any atom is 0.120 e. The molecule has 2 heteroatoms. The highest BCUT2D eigenvalue weighted by Crippen LogP contribution is 2.34. The summed E-state index contributed by atoms with van der Waals surface area (Å²) in [6.45, 7) is 0. The minimum Gasteiger partial charge on any atom is -0.490 e. The van der Waals surface area contributed by atoms with E-state index in [0.29, 0.717) is 6.10 Å². The molecule has 2 nitrogen and oxygen atoms in total. The molecule has 1 atom stereocenters. The van der Waals surface area contributed by atoms with Gasteiger partial charge in [-0.2, -0.15) is 0 Å². The molecule has 0 unspecified atom stereocenters. The third kappa shape index (κ3) is 1.82. The summed E-state index contributed by atoms with van der Waals surface area (Å²) in [4.78, 5) is 0. The molecular weight excluding hydrogens is 200 g/mol. The summed E-state index contributed by atoms with van der Waals surface area (Å²) in [5.41, 5.74) is 2.36. The van der Waals surface area contributed by atoms with Gasteiger partial charge >= 0.3 is 0 Å². The van der Waals surface area contributed by atoms with Crippen LogP contribution in [0.3, 0.4) is 0 Å². The Labute approximate surface area is 96.2 Å². The monoisotopic (exact) mass is 218 g/mol. The van der Waals surface area contributed by atoms with E-state index in [1.807, 2.05) is 12.1 Å². The van der Waals surface area contributed by atoms with E-state index in [1.54, 1.807) is 0 Å². The topological polar surface area (TPSA) is 29.5 Å². The van der Waals surface area contributed by atoms with E-state index in [9.17, 15) is 5.11 Å². The van der Waals surface area contributed by atoms with Crippen LogP contribution in [0.25, 0.3) is 0 Å². The Balaban J connectivity index is 1.76. The predicted octanol–water partition coefficient (Wildman–Crippen LogP) is 2.99. The highest BCUT2D eigenvalue weighted by atomic mass is 16.5. The fraction of sp³-hybridized carbons (Fsp3) is 0.571. The zero-order chi connectivity index (χ0) is 11.0. The number of rotatable bonds is 2. The smallest absolute Gasteiger partial charge is 0.120 e. The molecule has 1 aromatic rings. The van der Waals surface area contributed by atoms with Crippen LogP contribution in [-0.4, -0.2) is 11.2 Å². The number of hydrogen-bond donors (Lipinski definition) is 1. The van der Waals surface area contributed by atoms with E-state index in [-0.39, 0.29) is 6.10 Å². The third-order valence-corrected chi connectivity index (χ3v) is 3.77. The zero-order valence-corrected chi connectivity index (χ0v) is 9.48. The van der Waals surface area contributed by atoms with Crippen molar-refractivity contribution in [3.63, 3.8) is 0 Å². The molecule has 0 aromatic heterocycles. The molecule has 0 heterocycles. The number of aryl methyl sites for hydroxylation is 1. The van der Waals surface area contributed by atoms with Gasteiger partial charge in [0.2, 0.25) is 0 Å². The minimum absolute atomic E-state index is 0.254. The van der Waals surface area contributed by atoms with Crippen LogP contribution in [0.1, 0.15) is 49.3 Å². The number of benzene rings is 1. The van der Waals surface area contributed by atoms with Crippen LogP contribution in [0.4, 0.5) is 0 Å². The Bertz CT molecular complexity index is 380. The van der Waals surface area contributed by atoms with Crippen molar-refractivity contribution in [2.75, 3.05) is 0 Å². The zero-order valence-electron chi connectivity index (χ0n) is 9.48. The molecule has 1 aromatic carbocycles. The normalized spacial score (nSPS) is 24.7. The lowest BCUT2D eigenvalue weighted by molar-refractivity contribution is 0.180. The molecule has 1 N–H and O–H groups in total. The first kappa shape index (κ1) is 10.2. The van der Waals surface area contributed by atoms with Crippen molar-refractivity contribution in [1.82, 2.24) is 0 Å². The van der Waals surface area contributed by atoms with Gasteiger partial charge in [-0.15, -0.1) is 0 Å². The first-order valence-electron chi connectivity index (χ1n) is 6.30. The second-order valence-corrected chi connectivity index (χ2v) is 4.94. The summed E-state index contributed by atoms with van der Waals surface area (Å²) in [6.07, 6.45) is 7.00. The van der Waals surface area contributed by atoms with Crippen molar-refractivity contribution in [3.05, 3.63) is 29.3 Å². The molecule has 0 bridgehead atoms. The van der Waals surface area contributed by atoms with E-state index in [2.05, 4.69) is 6.07 Å². The summed E-state index contributed by atoms with van der Waals surface area (Å²) < 4.78 is 5.95. The molecule has 1 saturated carbocycles. The van der Waals surface area contributed by atoms with Crippen LogP contribution in [0, 0.1) is 0 Å². The predicted molar refractivity (Wildman–Crippen MR) is 62.6 cm³/mol. The lowest BCUT2D eigenvalue weighted by Gasteiger charge is -2.14. The number of hydrogen-bond acceptors (Lipinski definition) is 2. The van der Waals surface area contributed by atoms with Crippen molar-refractivity contribution >= 4 is 0 Å². The SMILES string of the molecule is O[C@@H]1CCc2cc(OC3CCCC3)ccc21. The Morgan fingerprint density at radius 2 is 1.94 bits per heavy atom. The van der Waals surface area contributed by atoms with Crippen molar-refractivity contribution < 1.29 is 9.84 Å². The Morgan fingerprint density at radius 3 is 2.75 bits per heavy atom. The van der Waals surface area contributed by atoms with E-state index >= 15 is 0 Å². The van der Waals surface area contributed by atoms with Gasteiger partial charge in [-0.25, -0.2) is 0 Å². The molecule has 0 spiro atoms. The number of fused-ring (bicyclic) bond motifs is 1. The Morgan fingerprint density at radius 1 is 1.12 bits per heavy atom.